The molecular weight excluding hydrogens is 348 g/mol. The number of pyridine rings is 1. The van der Waals surface area contributed by atoms with E-state index in [0.29, 0.717) is 29.3 Å². The van der Waals surface area contributed by atoms with Gasteiger partial charge in [-0.25, -0.2) is 9.78 Å². The van der Waals surface area contributed by atoms with Crippen molar-refractivity contribution in [3.63, 3.8) is 0 Å². The third-order valence-corrected chi connectivity index (χ3v) is 4.20. The van der Waals surface area contributed by atoms with Crippen molar-refractivity contribution in [1.82, 2.24) is 4.98 Å². The summed E-state index contributed by atoms with van der Waals surface area (Å²) in [7, 11) is 3.08. The molecule has 0 saturated heterocycles. The van der Waals surface area contributed by atoms with Crippen LogP contribution in [0.3, 0.4) is 0 Å². The van der Waals surface area contributed by atoms with Gasteiger partial charge in [-0.05, 0) is 36.6 Å². The number of fused-ring (bicyclic) bond motifs is 1. The lowest BCUT2D eigenvalue weighted by Crippen LogP contribution is -2.13. The zero-order chi connectivity index (χ0) is 19.4. The van der Waals surface area contributed by atoms with Gasteiger partial charge in [0.25, 0.3) is 0 Å². The van der Waals surface area contributed by atoms with Crippen molar-refractivity contribution in [3.05, 3.63) is 58.1 Å². The molecular formula is C20H20N2O5. The van der Waals surface area contributed by atoms with Crippen LogP contribution in [0.2, 0.25) is 0 Å². The maximum absolute atomic E-state index is 12.2. The molecule has 0 aliphatic rings. The number of aryl methyl sites for hydroxylation is 2. The van der Waals surface area contributed by atoms with Crippen LogP contribution in [0.1, 0.15) is 17.5 Å². The van der Waals surface area contributed by atoms with E-state index in [-0.39, 0.29) is 12.3 Å². The van der Waals surface area contributed by atoms with Gasteiger partial charge in [-0.15, -0.1) is 0 Å². The topological polar surface area (TPSA) is 90.7 Å². The smallest absolute Gasteiger partial charge is 0.336 e. The fourth-order valence-corrected chi connectivity index (χ4v) is 2.82. The molecule has 0 aliphatic carbocycles. The number of nitrogens with zero attached hydrogens (tertiary/aromatic N) is 1. The largest absolute Gasteiger partial charge is 0.496 e. The van der Waals surface area contributed by atoms with Crippen molar-refractivity contribution in [2.45, 2.75) is 19.8 Å². The van der Waals surface area contributed by atoms with Crippen LogP contribution in [0, 0.1) is 6.92 Å². The van der Waals surface area contributed by atoms with Gasteiger partial charge < -0.3 is 19.2 Å². The molecule has 2 heterocycles. The van der Waals surface area contributed by atoms with E-state index < -0.39 is 5.63 Å². The minimum Gasteiger partial charge on any atom is -0.496 e. The van der Waals surface area contributed by atoms with E-state index in [1.165, 1.54) is 13.2 Å². The number of hydrogen-bond donors (Lipinski definition) is 1. The van der Waals surface area contributed by atoms with E-state index in [0.717, 1.165) is 16.5 Å². The lowest BCUT2D eigenvalue weighted by molar-refractivity contribution is -0.116. The highest BCUT2D eigenvalue weighted by Crippen LogP contribution is 2.28. The third kappa shape index (κ3) is 4.25. The summed E-state index contributed by atoms with van der Waals surface area (Å²) in [5.74, 6) is 0.923. The van der Waals surface area contributed by atoms with Gasteiger partial charge in [-0.3, -0.25) is 4.79 Å². The Kier molecular flexibility index (Phi) is 5.40. The van der Waals surface area contributed by atoms with Crippen molar-refractivity contribution in [3.8, 4) is 11.6 Å². The van der Waals surface area contributed by atoms with Crippen LogP contribution in [-0.2, 0) is 11.2 Å². The van der Waals surface area contributed by atoms with E-state index in [4.69, 9.17) is 13.9 Å². The third-order valence-electron chi connectivity index (χ3n) is 4.20. The number of carbonyl (C=O) groups excluding carboxylic acids is 1. The fraction of sp³-hybridized carbons (Fsp3) is 0.250. The Bertz CT molecular complexity index is 1020. The minimum atomic E-state index is -0.401. The molecule has 3 aromatic rings. The van der Waals surface area contributed by atoms with Crippen LogP contribution in [0.15, 0.2) is 45.7 Å². The van der Waals surface area contributed by atoms with Crippen molar-refractivity contribution in [2.75, 3.05) is 19.5 Å². The predicted octanol–water partition coefficient (Wildman–Crippen LogP) is 3.08. The zero-order valence-corrected chi connectivity index (χ0v) is 15.4. The van der Waals surface area contributed by atoms with E-state index in [9.17, 15) is 9.59 Å². The summed E-state index contributed by atoms with van der Waals surface area (Å²) in [4.78, 5) is 27.8. The number of ether oxygens (including phenoxy) is 2. The molecule has 27 heavy (non-hydrogen) atoms. The number of rotatable bonds is 6. The molecule has 0 bridgehead atoms. The van der Waals surface area contributed by atoms with Crippen LogP contribution in [0.5, 0.6) is 11.6 Å². The summed E-state index contributed by atoms with van der Waals surface area (Å²) in [6.45, 7) is 1.85. The molecule has 0 unspecified atom stereocenters. The highest BCUT2D eigenvalue weighted by molar-refractivity contribution is 5.91. The van der Waals surface area contributed by atoms with E-state index in [2.05, 4.69) is 10.3 Å². The second-order valence-electron chi connectivity index (χ2n) is 6.05. The molecule has 1 N–H and O–H groups in total. The van der Waals surface area contributed by atoms with Crippen molar-refractivity contribution in [1.29, 1.82) is 0 Å². The maximum Gasteiger partial charge on any atom is 0.336 e. The molecule has 0 saturated carbocycles. The Morgan fingerprint density at radius 2 is 2.00 bits per heavy atom. The van der Waals surface area contributed by atoms with E-state index in [1.807, 2.05) is 13.0 Å². The van der Waals surface area contributed by atoms with Crippen LogP contribution in [0.4, 0.5) is 5.69 Å². The second-order valence-corrected chi connectivity index (χ2v) is 6.05. The monoisotopic (exact) mass is 368 g/mol. The molecule has 7 heteroatoms. The molecule has 7 nitrogen and oxygen atoms in total. The molecule has 0 spiro atoms. The predicted molar refractivity (Wildman–Crippen MR) is 102 cm³/mol. The number of hydrogen-bond acceptors (Lipinski definition) is 6. The number of anilines is 1. The number of aromatic nitrogens is 1. The van der Waals surface area contributed by atoms with Crippen molar-refractivity contribution < 1.29 is 18.7 Å². The first-order chi connectivity index (χ1) is 13.0. The highest BCUT2D eigenvalue weighted by atomic mass is 16.5. The summed E-state index contributed by atoms with van der Waals surface area (Å²) in [6.07, 6.45) is 2.29. The number of carbonyl (C=O) groups is 1. The van der Waals surface area contributed by atoms with Crippen LogP contribution in [-0.4, -0.2) is 25.1 Å². The first kappa shape index (κ1) is 18.4. The molecule has 1 amide bonds. The molecule has 2 aromatic heterocycles. The van der Waals surface area contributed by atoms with Gasteiger partial charge in [0.05, 0.1) is 26.1 Å². The number of nitrogens with one attached hydrogen (secondary N) is 1. The van der Waals surface area contributed by atoms with E-state index in [1.54, 1.807) is 31.5 Å². The SMILES string of the molecule is COc1ccc(NC(=O)CCc2cc3c(C)cc(=O)oc3cc2OC)cn1. The zero-order valence-electron chi connectivity index (χ0n) is 15.4. The summed E-state index contributed by atoms with van der Waals surface area (Å²) in [6, 6.07) is 8.44. The summed E-state index contributed by atoms with van der Waals surface area (Å²) < 4.78 is 15.6. The minimum absolute atomic E-state index is 0.138. The molecule has 140 valence electrons. The van der Waals surface area contributed by atoms with Gasteiger partial charge >= 0.3 is 5.63 Å². The fourth-order valence-electron chi connectivity index (χ4n) is 2.82. The molecule has 0 fully saturated rings. The molecule has 0 radical (unpaired) electrons. The number of amides is 1. The lowest BCUT2D eigenvalue weighted by Gasteiger charge is -2.11. The van der Waals surface area contributed by atoms with Gasteiger partial charge in [-0.2, -0.15) is 0 Å². The Hall–Kier alpha value is -3.35. The van der Waals surface area contributed by atoms with Crippen LogP contribution < -0.4 is 20.4 Å². The average molecular weight is 368 g/mol. The lowest BCUT2D eigenvalue weighted by atomic mass is 10.0. The Morgan fingerprint density at radius 3 is 2.67 bits per heavy atom. The van der Waals surface area contributed by atoms with E-state index >= 15 is 0 Å². The second kappa shape index (κ2) is 7.90. The molecule has 1 aromatic carbocycles. The first-order valence-corrected chi connectivity index (χ1v) is 8.41. The quantitative estimate of drug-likeness (QED) is 0.673. The molecule has 0 atom stereocenters. The highest BCUT2D eigenvalue weighted by Gasteiger charge is 2.12. The van der Waals surface area contributed by atoms with Gasteiger partial charge in [-0.1, -0.05) is 0 Å². The van der Waals surface area contributed by atoms with Crippen molar-refractivity contribution >= 4 is 22.6 Å². The number of benzene rings is 1. The number of methoxy groups -OCH3 is 2. The Labute approximate surface area is 155 Å². The molecule has 0 aliphatic heterocycles. The Balaban J connectivity index is 1.75. The normalized spacial score (nSPS) is 10.6. The average Bonchev–Trinajstić information content (AvgIpc) is 2.66. The van der Waals surface area contributed by atoms with Gasteiger partial charge in [0.2, 0.25) is 11.8 Å². The van der Waals surface area contributed by atoms with Crippen LogP contribution in [0.25, 0.3) is 11.0 Å². The van der Waals surface area contributed by atoms with Gasteiger partial charge in [0, 0.05) is 30.0 Å². The Morgan fingerprint density at radius 1 is 1.19 bits per heavy atom. The maximum atomic E-state index is 12.2. The van der Waals surface area contributed by atoms with Crippen molar-refractivity contribution in [2.24, 2.45) is 0 Å². The summed E-state index contributed by atoms with van der Waals surface area (Å²) in [5.41, 5.74) is 2.35. The van der Waals surface area contributed by atoms with Gasteiger partial charge in [0.1, 0.15) is 11.3 Å². The van der Waals surface area contributed by atoms with Crippen LogP contribution >= 0.6 is 0 Å². The summed E-state index contributed by atoms with van der Waals surface area (Å²) in [5, 5.41) is 3.62. The standard InChI is InChI=1S/C20H20N2O5/c1-12-8-20(24)27-17-10-16(25-2)13(9-15(12)17)4-6-18(23)22-14-5-7-19(26-3)21-11-14/h5,7-11H,4,6H2,1-3H3,(H,22,23). The molecule has 3 rings (SSSR count). The van der Waals surface area contributed by atoms with Gasteiger partial charge in [0.15, 0.2) is 0 Å². The first-order valence-electron chi connectivity index (χ1n) is 8.41. The summed E-state index contributed by atoms with van der Waals surface area (Å²) >= 11 is 0.